The van der Waals surface area contributed by atoms with Crippen LogP contribution in [0.15, 0.2) is 42.6 Å². The lowest BCUT2D eigenvalue weighted by molar-refractivity contribution is -0.134. The van der Waals surface area contributed by atoms with Crippen molar-refractivity contribution in [2.45, 2.75) is 13.0 Å². The number of esters is 1. The predicted octanol–water partition coefficient (Wildman–Crippen LogP) is 2.14. The number of carbonyl (C=O) groups is 2. The molecular formula is C18H22N2O4. The number of benzene rings is 1. The monoisotopic (exact) mass is 330 g/mol. The third kappa shape index (κ3) is 4.45. The number of rotatable bonds is 8. The normalized spacial score (nSPS) is 11.1. The highest BCUT2D eigenvalue weighted by Crippen LogP contribution is 2.21. The molecule has 0 atom stereocenters. The maximum atomic E-state index is 12.4. The van der Waals surface area contributed by atoms with Crippen molar-refractivity contribution < 1.29 is 19.1 Å². The van der Waals surface area contributed by atoms with Crippen LogP contribution in [0.2, 0.25) is 0 Å². The van der Waals surface area contributed by atoms with Crippen LogP contribution >= 0.6 is 0 Å². The van der Waals surface area contributed by atoms with E-state index >= 15 is 0 Å². The van der Waals surface area contributed by atoms with Gasteiger partial charge in [0.05, 0.1) is 19.3 Å². The molecule has 0 aliphatic heterocycles. The van der Waals surface area contributed by atoms with Crippen LogP contribution in [0.25, 0.3) is 10.9 Å². The largest absolute Gasteiger partial charge is 0.466 e. The van der Waals surface area contributed by atoms with Crippen LogP contribution in [0.3, 0.4) is 0 Å². The first-order valence-electron chi connectivity index (χ1n) is 7.77. The lowest BCUT2D eigenvalue weighted by Crippen LogP contribution is -2.24. The highest BCUT2D eigenvalue weighted by atomic mass is 16.5. The molecule has 6 nitrogen and oxygen atoms in total. The highest BCUT2D eigenvalue weighted by molar-refractivity contribution is 6.07. The lowest BCUT2D eigenvalue weighted by Gasteiger charge is -2.03. The van der Waals surface area contributed by atoms with E-state index in [1.54, 1.807) is 13.2 Å². The molecule has 1 aromatic carbocycles. The van der Waals surface area contributed by atoms with Crippen molar-refractivity contribution in [2.75, 3.05) is 27.4 Å². The SMILES string of the molecule is COCCn1cc(C(=O)NCC/C=C/C(=O)OC)c2ccccc21. The summed E-state index contributed by atoms with van der Waals surface area (Å²) in [6, 6.07) is 7.79. The molecule has 1 amide bonds. The molecule has 2 aromatic rings. The summed E-state index contributed by atoms with van der Waals surface area (Å²) < 4.78 is 11.6. The van der Waals surface area contributed by atoms with Gasteiger partial charge in [-0.25, -0.2) is 4.79 Å². The Morgan fingerprint density at radius 2 is 2.04 bits per heavy atom. The van der Waals surface area contributed by atoms with Gasteiger partial charge in [-0.15, -0.1) is 0 Å². The first-order chi connectivity index (χ1) is 11.7. The molecule has 1 aromatic heterocycles. The number of amides is 1. The Balaban J connectivity index is 2.04. The molecule has 0 spiro atoms. The van der Waals surface area contributed by atoms with Gasteiger partial charge in [0.25, 0.3) is 5.91 Å². The zero-order chi connectivity index (χ0) is 17.4. The van der Waals surface area contributed by atoms with E-state index in [0.717, 1.165) is 10.9 Å². The summed E-state index contributed by atoms with van der Waals surface area (Å²) in [5.74, 6) is -0.531. The molecule has 0 fully saturated rings. The van der Waals surface area contributed by atoms with Crippen molar-refractivity contribution in [2.24, 2.45) is 0 Å². The minimum atomic E-state index is -0.400. The standard InChI is InChI=1S/C18H22N2O4/c1-23-12-11-20-13-15(14-7-3-4-8-16(14)20)18(22)19-10-6-5-9-17(21)24-2/h3-5,7-9,13H,6,10-12H2,1-2H3,(H,19,22)/b9-5+. The first-order valence-corrected chi connectivity index (χ1v) is 7.77. The van der Waals surface area contributed by atoms with Crippen LogP contribution in [0.1, 0.15) is 16.8 Å². The van der Waals surface area contributed by atoms with Crippen LogP contribution in [0, 0.1) is 0 Å². The third-order valence-corrected chi connectivity index (χ3v) is 3.62. The molecule has 2 rings (SSSR count). The summed E-state index contributed by atoms with van der Waals surface area (Å²) >= 11 is 0. The van der Waals surface area contributed by atoms with Gasteiger partial charge >= 0.3 is 5.97 Å². The number of methoxy groups -OCH3 is 2. The molecule has 0 bridgehead atoms. The molecule has 1 N–H and O–H groups in total. The second kappa shape index (κ2) is 8.88. The van der Waals surface area contributed by atoms with E-state index < -0.39 is 5.97 Å². The predicted molar refractivity (Wildman–Crippen MR) is 91.9 cm³/mol. The second-order valence-corrected chi connectivity index (χ2v) is 5.22. The fourth-order valence-electron chi connectivity index (χ4n) is 2.41. The van der Waals surface area contributed by atoms with Gasteiger partial charge in [-0.3, -0.25) is 4.79 Å². The van der Waals surface area contributed by atoms with Crippen molar-refractivity contribution >= 4 is 22.8 Å². The van der Waals surface area contributed by atoms with Gasteiger partial charge in [0.1, 0.15) is 0 Å². The summed E-state index contributed by atoms with van der Waals surface area (Å²) in [4.78, 5) is 23.4. The highest BCUT2D eigenvalue weighted by Gasteiger charge is 2.14. The zero-order valence-electron chi connectivity index (χ0n) is 14.0. The van der Waals surface area contributed by atoms with Gasteiger partial charge < -0.3 is 19.4 Å². The van der Waals surface area contributed by atoms with Crippen molar-refractivity contribution in [1.29, 1.82) is 0 Å². The average molecular weight is 330 g/mol. The van der Waals surface area contributed by atoms with E-state index in [1.165, 1.54) is 13.2 Å². The maximum Gasteiger partial charge on any atom is 0.330 e. The number of fused-ring (bicyclic) bond motifs is 1. The molecule has 6 heteroatoms. The summed E-state index contributed by atoms with van der Waals surface area (Å²) in [5.41, 5.74) is 1.64. The summed E-state index contributed by atoms with van der Waals surface area (Å²) in [6.07, 6.45) is 5.43. The number of hydrogen-bond acceptors (Lipinski definition) is 4. The van der Waals surface area contributed by atoms with Gasteiger partial charge in [0.15, 0.2) is 0 Å². The molecule has 0 aliphatic rings. The van der Waals surface area contributed by atoms with E-state index in [-0.39, 0.29) is 5.91 Å². The smallest absolute Gasteiger partial charge is 0.330 e. The van der Waals surface area contributed by atoms with Gasteiger partial charge in [0.2, 0.25) is 0 Å². The minimum absolute atomic E-state index is 0.131. The summed E-state index contributed by atoms with van der Waals surface area (Å²) in [6.45, 7) is 1.72. The lowest BCUT2D eigenvalue weighted by atomic mass is 10.1. The Hall–Kier alpha value is -2.60. The van der Waals surface area contributed by atoms with E-state index in [1.807, 2.05) is 35.0 Å². The average Bonchev–Trinajstić information content (AvgIpc) is 2.98. The molecule has 0 unspecified atom stereocenters. The molecule has 0 radical (unpaired) electrons. The van der Waals surface area contributed by atoms with Crippen molar-refractivity contribution in [3.63, 3.8) is 0 Å². The minimum Gasteiger partial charge on any atom is -0.466 e. The third-order valence-electron chi connectivity index (χ3n) is 3.62. The maximum absolute atomic E-state index is 12.4. The Bertz CT molecular complexity index is 734. The number of para-hydroxylation sites is 1. The van der Waals surface area contributed by atoms with E-state index in [0.29, 0.717) is 31.7 Å². The van der Waals surface area contributed by atoms with Gasteiger partial charge in [0, 0.05) is 43.4 Å². The van der Waals surface area contributed by atoms with Crippen LogP contribution < -0.4 is 5.32 Å². The molecule has 0 aliphatic carbocycles. The van der Waals surface area contributed by atoms with Gasteiger partial charge in [-0.1, -0.05) is 24.3 Å². The Morgan fingerprint density at radius 1 is 1.25 bits per heavy atom. The van der Waals surface area contributed by atoms with E-state index in [9.17, 15) is 9.59 Å². The molecule has 24 heavy (non-hydrogen) atoms. The molecule has 1 heterocycles. The summed E-state index contributed by atoms with van der Waals surface area (Å²) in [7, 11) is 2.98. The number of ether oxygens (including phenoxy) is 2. The quantitative estimate of drug-likeness (QED) is 0.457. The van der Waals surface area contributed by atoms with Gasteiger partial charge in [-0.05, 0) is 12.5 Å². The number of nitrogens with zero attached hydrogens (tertiary/aromatic N) is 1. The summed E-state index contributed by atoms with van der Waals surface area (Å²) in [5, 5.41) is 3.78. The number of nitrogens with one attached hydrogen (secondary N) is 1. The zero-order valence-corrected chi connectivity index (χ0v) is 14.0. The Labute approximate surface area is 141 Å². The van der Waals surface area contributed by atoms with E-state index in [4.69, 9.17) is 4.74 Å². The second-order valence-electron chi connectivity index (χ2n) is 5.22. The van der Waals surface area contributed by atoms with Gasteiger partial charge in [-0.2, -0.15) is 0 Å². The van der Waals surface area contributed by atoms with Crippen molar-refractivity contribution in [3.8, 4) is 0 Å². The first kappa shape index (κ1) is 17.7. The fourth-order valence-corrected chi connectivity index (χ4v) is 2.41. The fraction of sp³-hybridized carbons (Fsp3) is 0.333. The van der Waals surface area contributed by atoms with Crippen LogP contribution in [-0.2, 0) is 20.8 Å². The number of hydrogen-bond donors (Lipinski definition) is 1. The molecule has 128 valence electrons. The molecular weight excluding hydrogens is 308 g/mol. The molecule has 0 saturated carbocycles. The Kier molecular flexibility index (Phi) is 6.57. The van der Waals surface area contributed by atoms with E-state index in [2.05, 4.69) is 10.1 Å². The van der Waals surface area contributed by atoms with Crippen molar-refractivity contribution in [1.82, 2.24) is 9.88 Å². The number of carbonyl (C=O) groups excluding carboxylic acids is 2. The number of aromatic nitrogens is 1. The van der Waals surface area contributed by atoms with Crippen LogP contribution in [-0.4, -0.2) is 43.8 Å². The van der Waals surface area contributed by atoms with Crippen LogP contribution in [0.4, 0.5) is 0 Å². The topological polar surface area (TPSA) is 69.6 Å². The van der Waals surface area contributed by atoms with Crippen LogP contribution in [0.5, 0.6) is 0 Å². The van der Waals surface area contributed by atoms with Crippen molar-refractivity contribution in [3.05, 3.63) is 48.2 Å². The molecule has 0 saturated heterocycles. The Morgan fingerprint density at radius 3 is 2.79 bits per heavy atom.